The van der Waals surface area contributed by atoms with E-state index in [2.05, 4.69) is 20.5 Å². The Kier molecular flexibility index (Phi) is 7.98. The summed E-state index contributed by atoms with van der Waals surface area (Å²) < 4.78 is 7.33. The van der Waals surface area contributed by atoms with E-state index in [0.29, 0.717) is 54.5 Å². The van der Waals surface area contributed by atoms with Crippen LogP contribution in [-0.4, -0.2) is 22.7 Å². The van der Waals surface area contributed by atoms with Crippen molar-refractivity contribution in [2.24, 2.45) is 15.2 Å². The number of fused-ring (bicyclic) bond motifs is 1. The van der Waals surface area contributed by atoms with Crippen LogP contribution < -0.4 is 24.9 Å². The zero-order valence-corrected chi connectivity index (χ0v) is 24.7. The van der Waals surface area contributed by atoms with Gasteiger partial charge in [-0.25, -0.2) is 4.99 Å². The first-order valence-electron chi connectivity index (χ1n) is 13.7. The Hall–Kier alpha value is -5.61. The summed E-state index contributed by atoms with van der Waals surface area (Å²) in [5.74, 6) is 0.178. The number of hydrogen-bond acceptors (Lipinski definition) is 8. The number of nitrogens with zero attached hydrogens (tertiary/aromatic N) is 4. The maximum atomic E-state index is 14.0. The van der Waals surface area contributed by atoms with Gasteiger partial charge < -0.3 is 15.2 Å². The van der Waals surface area contributed by atoms with Crippen LogP contribution in [0.2, 0.25) is 0 Å². The standard InChI is InChI=1S/C34H27N5O4S/c1-21-30(32(41)36-24-11-5-3-6-12-24)31(23-10-9-15-27(18-23)43-2)39-33(42)29(44-34(39)35-21)19-22-16-17-26(20-28(22)40)38-37-25-13-7-4-8-14-25/h3-20,31,40H,1-2H3,(H,36,41)/b29-19-,38-37?/t31-/m0/s1. The highest BCUT2D eigenvalue weighted by Gasteiger charge is 2.32. The molecule has 9 nitrogen and oxygen atoms in total. The number of rotatable bonds is 7. The number of carbonyl (C=O) groups is 1. The molecule has 0 unspecified atom stereocenters. The third kappa shape index (κ3) is 5.83. The fraction of sp³-hybridized carbons (Fsp3) is 0.0882. The molecule has 0 bridgehead atoms. The van der Waals surface area contributed by atoms with Gasteiger partial charge in [-0.05, 0) is 67.1 Å². The number of phenols is 1. The van der Waals surface area contributed by atoms with Gasteiger partial charge in [-0.1, -0.05) is 59.9 Å². The Morgan fingerprint density at radius 3 is 2.41 bits per heavy atom. The number of ether oxygens (including phenoxy) is 1. The van der Waals surface area contributed by atoms with Crippen LogP contribution in [0.25, 0.3) is 6.08 Å². The average molecular weight is 602 g/mol. The Morgan fingerprint density at radius 2 is 1.68 bits per heavy atom. The van der Waals surface area contributed by atoms with Crippen molar-refractivity contribution < 1.29 is 14.6 Å². The number of para-hydroxylation sites is 1. The second kappa shape index (κ2) is 12.3. The van der Waals surface area contributed by atoms with Gasteiger partial charge in [0.1, 0.15) is 11.5 Å². The number of benzene rings is 4. The molecule has 0 saturated heterocycles. The lowest BCUT2D eigenvalue weighted by molar-refractivity contribution is -0.113. The van der Waals surface area contributed by atoms with E-state index in [-0.39, 0.29) is 17.2 Å². The average Bonchev–Trinajstić information content (AvgIpc) is 3.35. The number of anilines is 1. The van der Waals surface area contributed by atoms with E-state index in [4.69, 9.17) is 4.74 Å². The van der Waals surface area contributed by atoms with Crippen LogP contribution in [0.5, 0.6) is 11.5 Å². The number of aromatic hydroxyl groups is 1. The van der Waals surface area contributed by atoms with E-state index in [9.17, 15) is 14.7 Å². The molecular formula is C34H27N5O4S. The van der Waals surface area contributed by atoms with Crippen LogP contribution in [0.3, 0.4) is 0 Å². The molecule has 0 fully saturated rings. The summed E-state index contributed by atoms with van der Waals surface area (Å²) in [4.78, 5) is 32.9. The Bertz CT molecular complexity index is 2100. The zero-order chi connectivity index (χ0) is 30.6. The summed E-state index contributed by atoms with van der Waals surface area (Å²) in [6.45, 7) is 1.76. The van der Waals surface area contributed by atoms with Gasteiger partial charge >= 0.3 is 0 Å². The molecular weight excluding hydrogens is 574 g/mol. The highest BCUT2D eigenvalue weighted by atomic mass is 32.1. The van der Waals surface area contributed by atoms with Gasteiger partial charge in [-0.2, -0.15) is 10.2 Å². The molecule has 4 aromatic carbocycles. The Labute approximate surface area is 256 Å². The molecule has 2 heterocycles. The number of allylic oxidation sites excluding steroid dienone is 1. The van der Waals surface area contributed by atoms with Crippen LogP contribution in [0.15, 0.2) is 134 Å². The number of nitrogens with one attached hydrogen (secondary N) is 1. The summed E-state index contributed by atoms with van der Waals surface area (Å²) in [6, 6.07) is 29.8. The van der Waals surface area contributed by atoms with E-state index in [1.165, 1.54) is 22.0 Å². The molecule has 0 radical (unpaired) electrons. The molecule has 0 saturated carbocycles. The van der Waals surface area contributed by atoms with E-state index < -0.39 is 6.04 Å². The summed E-state index contributed by atoms with van der Waals surface area (Å²) in [5, 5.41) is 22.1. The predicted octanol–water partition coefficient (Wildman–Crippen LogP) is 6.00. The highest BCUT2D eigenvalue weighted by Crippen LogP contribution is 2.32. The maximum Gasteiger partial charge on any atom is 0.271 e. The third-order valence-corrected chi connectivity index (χ3v) is 8.03. The molecule has 6 rings (SSSR count). The van der Waals surface area contributed by atoms with E-state index in [1.54, 1.807) is 50.4 Å². The van der Waals surface area contributed by atoms with Crippen LogP contribution in [-0.2, 0) is 4.79 Å². The fourth-order valence-corrected chi connectivity index (χ4v) is 5.96. The van der Waals surface area contributed by atoms with Crippen molar-refractivity contribution >= 4 is 40.4 Å². The minimum atomic E-state index is -0.762. The smallest absolute Gasteiger partial charge is 0.271 e. The highest BCUT2D eigenvalue weighted by molar-refractivity contribution is 7.07. The van der Waals surface area contributed by atoms with Gasteiger partial charge in [0.05, 0.1) is 40.3 Å². The van der Waals surface area contributed by atoms with Crippen molar-refractivity contribution in [2.45, 2.75) is 13.0 Å². The van der Waals surface area contributed by atoms with Crippen molar-refractivity contribution in [3.8, 4) is 11.5 Å². The summed E-state index contributed by atoms with van der Waals surface area (Å²) in [7, 11) is 1.56. The van der Waals surface area contributed by atoms with E-state index >= 15 is 0 Å². The lowest BCUT2D eigenvalue weighted by Gasteiger charge is -2.25. The number of phenolic OH excluding ortho intramolecular Hbond substituents is 1. The molecule has 1 aromatic heterocycles. The van der Waals surface area contributed by atoms with Crippen LogP contribution in [0, 0.1) is 0 Å². The van der Waals surface area contributed by atoms with Crippen LogP contribution in [0.1, 0.15) is 24.1 Å². The molecule has 44 heavy (non-hydrogen) atoms. The number of azo groups is 1. The Balaban J connectivity index is 1.42. The summed E-state index contributed by atoms with van der Waals surface area (Å²) >= 11 is 1.19. The largest absolute Gasteiger partial charge is 0.507 e. The SMILES string of the molecule is COc1cccc([C@H]2C(C(=O)Nc3ccccc3)=C(C)N=c3s/c(=C\c4ccc(N=Nc5ccccc5)cc4O)c(=O)n32)c1. The molecule has 218 valence electrons. The van der Waals surface area contributed by atoms with Crippen molar-refractivity contribution in [3.63, 3.8) is 0 Å². The van der Waals surface area contributed by atoms with Crippen molar-refractivity contribution in [2.75, 3.05) is 12.4 Å². The minimum Gasteiger partial charge on any atom is -0.507 e. The fourth-order valence-electron chi connectivity index (χ4n) is 4.93. The maximum absolute atomic E-state index is 14.0. The number of carbonyl (C=O) groups excluding carboxylic acids is 1. The first kappa shape index (κ1) is 28.5. The van der Waals surface area contributed by atoms with Crippen LogP contribution >= 0.6 is 11.3 Å². The van der Waals surface area contributed by atoms with Crippen molar-refractivity contribution in [1.82, 2.24) is 4.57 Å². The zero-order valence-electron chi connectivity index (χ0n) is 23.8. The van der Waals surface area contributed by atoms with Gasteiger partial charge in [-0.15, -0.1) is 0 Å². The first-order chi connectivity index (χ1) is 21.4. The Morgan fingerprint density at radius 1 is 0.955 bits per heavy atom. The van der Waals surface area contributed by atoms with E-state index in [1.807, 2.05) is 66.7 Å². The molecule has 1 amide bonds. The van der Waals surface area contributed by atoms with Gasteiger partial charge in [0, 0.05) is 17.3 Å². The second-order valence-corrected chi connectivity index (χ2v) is 11.0. The summed E-state index contributed by atoms with van der Waals surface area (Å²) in [6.07, 6.45) is 1.61. The molecule has 1 aliphatic rings. The molecule has 0 aliphatic carbocycles. The number of methoxy groups -OCH3 is 1. The number of thiazole rings is 1. The van der Waals surface area contributed by atoms with Gasteiger partial charge in [0.2, 0.25) is 0 Å². The predicted molar refractivity (Wildman–Crippen MR) is 171 cm³/mol. The second-order valence-electron chi connectivity index (χ2n) is 9.96. The quantitative estimate of drug-likeness (QED) is 0.222. The van der Waals surface area contributed by atoms with Crippen molar-refractivity contribution in [3.05, 3.63) is 145 Å². The van der Waals surface area contributed by atoms with Gasteiger partial charge in [0.15, 0.2) is 4.80 Å². The van der Waals surface area contributed by atoms with E-state index in [0.717, 1.165) is 0 Å². The van der Waals surface area contributed by atoms with Gasteiger partial charge in [-0.3, -0.25) is 14.2 Å². The van der Waals surface area contributed by atoms with Gasteiger partial charge in [0.25, 0.3) is 11.5 Å². The molecule has 2 N–H and O–H groups in total. The lowest BCUT2D eigenvalue weighted by Crippen LogP contribution is -2.40. The first-order valence-corrected chi connectivity index (χ1v) is 14.6. The van der Waals surface area contributed by atoms with Crippen LogP contribution in [0.4, 0.5) is 17.1 Å². The number of hydrogen-bond donors (Lipinski definition) is 2. The monoisotopic (exact) mass is 601 g/mol. The lowest BCUT2D eigenvalue weighted by atomic mass is 9.95. The molecule has 5 aromatic rings. The normalized spacial score (nSPS) is 14.8. The molecule has 10 heteroatoms. The topological polar surface area (TPSA) is 118 Å². The van der Waals surface area contributed by atoms with Crippen molar-refractivity contribution in [1.29, 1.82) is 0 Å². The molecule has 0 spiro atoms. The minimum absolute atomic E-state index is 0.0520. The summed E-state index contributed by atoms with van der Waals surface area (Å²) in [5.41, 5.74) is 3.41. The molecule has 1 aliphatic heterocycles. The number of aromatic nitrogens is 1. The third-order valence-electron chi connectivity index (χ3n) is 7.05. The molecule has 1 atom stereocenters. The number of amides is 1.